The highest BCUT2D eigenvalue weighted by Crippen LogP contribution is 2.11. The number of nitrogens with zero attached hydrogens (tertiary/aromatic N) is 2. The van der Waals surface area contributed by atoms with E-state index in [1.807, 2.05) is 0 Å². The quantitative estimate of drug-likeness (QED) is 0.646. The molecule has 0 bridgehead atoms. The summed E-state index contributed by atoms with van der Waals surface area (Å²) < 4.78 is 0. The average molecular weight is 184 g/mol. The first-order valence-corrected chi connectivity index (χ1v) is 5.63. The Morgan fingerprint density at radius 2 is 2.00 bits per heavy atom. The monoisotopic (exact) mass is 184 g/mol. The minimum Gasteiger partial charge on any atom is -0.300 e. The Labute approximate surface area is 82.9 Å². The molecular formula is C11H24N2. The van der Waals surface area contributed by atoms with Crippen LogP contribution in [0.5, 0.6) is 0 Å². The molecule has 1 heterocycles. The van der Waals surface area contributed by atoms with Gasteiger partial charge in [-0.05, 0) is 46.8 Å². The van der Waals surface area contributed by atoms with Crippen molar-refractivity contribution in [3.05, 3.63) is 0 Å². The molecule has 0 aromatic heterocycles. The Morgan fingerprint density at radius 3 is 2.54 bits per heavy atom. The van der Waals surface area contributed by atoms with Crippen molar-refractivity contribution >= 4 is 0 Å². The maximum atomic E-state index is 2.60. The average Bonchev–Trinajstić information content (AvgIpc) is 2.26. The van der Waals surface area contributed by atoms with Crippen LogP contribution in [0.4, 0.5) is 0 Å². The van der Waals surface area contributed by atoms with Crippen LogP contribution in [-0.4, -0.2) is 48.1 Å². The Hall–Kier alpha value is -0.0800. The van der Waals surface area contributed by atoms with Crippen molar-refractivity contribution in [3.63, 3.8) is 0 Å². The van der Waals surface area contributed by atoms with E-state index in [1.54, 1.807) is 0 Å². The minimum absolute atomic E-state index is 0.708. The second-order valence-electron chi connectivity index (χ2n) is 4.42. The van der Waals surface area contributed by atoms with E-state index in [2.05, 4.69) is 37.5 Å². The van der Waals surface area contributed by atoms with Crippen molar-refractivity contribution in [1.82, 2.24) is 9.80 Å². The maximum Gasteiger partial charge on any atom is 0.0194 e. The highest BCUT2D eigenvalue weighted by molar-refractivity contribution is 4.77. The van der Waals surface area contributed by atoms with Crippen molar-refractivity contribution in [3.8, 4) is 0 Å². The third kappa shape index (κ3) is 2.96. The van der Waals surface area contributed by atoms with Crippen LogP contribution in [0.3, 0.4) is 0 Å². The van der Waals surface area contributed by atoms with E-state index in [0.717, 1.165) is 6.04 Å². The molecule has 1 saturated heterocycles. The van der Waals surface area contributed by atoms with Gasteiger partial charge < -0.3 is 0 Å². The number of likely N-dealkylation sites (N-methyl/N-ethyl adjacent to an activating group) is 1. The molecular weight excluding hydrogens is 160 g/mol. The van der Waals surface area contributed by atoms with Crippen LogP contribution in [0.15, 0.2) is 0 Å². The summed E-state index contributed by atoms with van der Waals surface area (Å²) >= 11 is 0. The molecule has 0 spiro atoms. The molecule has 0 unspecified atom stereocenters. The lowest BCUT2D eigenvalue weighted by atomic mass is 10.2. The minimum atomic E-state index is 0.708. The van der Waals surface area contributed by atoms with Crippen molar-refractivity contribution in [2.45, 2.75) is 46.2 Å². The summed E-state index contributed by atoms with van der Waals surface area (Å²) in [6.45, 7) is 14.2. The van der Waals surface area contributed by atoms with Gasteiger partial charge in [-0.2, -0.15) is 0 Å². The first kappa shape index (κ1) is 11.0. The van der Waals surface area contributed by atoms with Crippen molar-refractivity contribution < 1.29 is 0 Å². The number of rotatable bonds is 2. The van der Waals surface area contributed by atoms with Crippen molar-refractivity contribution in [2.24, 2.45) is 0 Å². The molecule has 78 valence electrons. The van der Waals surface area contributed by atoms with E-state index in [-0.39, 0.29) is 0 Å². The summed E-state index contributed by atoms with van der Waals surface area (Å²) in [6, 6.07) is 1.44. The van der Waals surface area contributed by atoms with Gasteiger partial charge in [0.2, 0.25) is 0 Å². The highest BCUT2D eigenvalue weighted by atomic mass is 15.2. The molecule has 0 N–H and O–H groups in total. The predicted molar refractivity (Wildman–Crippen MR) is 58.0 cm³/mol. The van der Waals surface area contributed by atoms with E-state index in [1.165, 1.54) is 32.6 Å². The fourth-order valence-corrected chi connectivity index (χ4v) is 2.18. The van der Waals surface area contributed by atoms with Gasteiger partial charge >= 0.3 is 0 Å². The lowest BCUT2D eigenvalue weighted by Crippen LogP contribution is -2.41. The predicted octanol–water partition coefficient (Wildman–Crippen LogP) is 1.81. The van der Waals surface area contributed by atoms with Crippen molar-refractivity contribution in [1.29, 1.82) is 0 Å². The zero-order valence-corrected chi connectivity index (χ0v) is 9.58. The van der Waals surface area contributed by atoms with Crippen LogP contribution in [-0.2, 0) is 0 Å². The van der Waals surface area contributed by atoms with Crippen LogP contribution in [0.25, 0.3) is 0 Å². The van der Waals surface area contributed by atoms with Crippen molar-refractivity contribution in [2.75, 3.05) is 26.2 Å². The first-order valence-electron chi connectivity index (χ1n) is 5.63. The molecule has 0 radical (unpaired) electrons. The molecule has 0 saturated carbocycles. The van der Waals surface area contributed by atoms with E-state index in [9.17, 15) is 0 Å². The molecule has 13 heavy (non-hydrogen) atoms. The first-order chi connectivity index (χ1) is 6.15. The van der Waals surface area contributed by atoms with Gasteiger partial charge in [-0.25, -0.2) is 0 Å². The SMILES string of the molecule is CCN1CCCN(C(C)C)C[C@@H]1C. The zero-order valence-electron chi connectivity index (χ0n) is 9.58. The Bertz CT molecular complexity index is 145. The summed E-state index contributed by atoms with van der Waals surface area (Å²) in [7, 11) is 0. The molecule has 1 rings (SSSR count). The molecule has 2 heteroatoms. The number of hydrogen-bond donors (Lipinski definition) is 0. The molecule has 0 aromatic carbocycles. The van der Waals surface area contributed by atoms with Gasteiger partial charge in [0.25, 0.3) is 0 Å². The highest BCUT2D eigenvalue weighted by Gasteiger charge is 2.21. The summed E-state index contributed by atoms with van der Waals surface area (Å²) in [6.07, 6.45) is 1.33. The van der Waals surface area contributed by atoms with E-state index >= 15 is 0 Å². The van der Waals surface area contributed by atoms with Gasteiger partial charge in [-0.1, -0.05) is 6.92 Å². The lowest BCUT2D eigenvalue weighted by Gasteiger charge is -2.29. The van der Waals surface area contributed by atoms with Gasteiger partial charge in [0.05, 0.1) is 0 Å². The Kier molecular flexibility index (Phi) is 4.20. The normalized spacial score (nSPS) is 27.9. The third-order valence-corrected chi connectivity index (χ3v) is 3.15. The summed E-state index contributed by atoms with van der Waals surface area (Å²) in [5, 5.41) is 0. The van der Waals surface area contributed by atoms with Crippen LogP contribution < -0.4 is 0 Å². The maximum absolute atomic E-state index is 2.60. The molecule has 1 aliphatic heterocycles. The van der Waals surface area contributed by atoms with Gasteiger partial charge in [0, 0.05) is 18.6 Å². The summed E-state index contributed by atoms with van der Waals surface area (Å²) in [5.74, 6) is 0. The molecule has 0 aromatic rings. The van der Waals surface area contributed by atoms with Crippen LogP contribution in [0.1, 0.15) is 34.1 Å². The fraction of sp³-hybridized carbons (Fsp3) is 1.00. The second kappa shape index (κ2) is 4.97. The number of hydrogen-bond acceptors (Lipinski definition) is 2. The van der Waals surface area contributed by atoms with Crippen LogP contribution in [0.2, 0.25) is 0 Å². The molecule has 0 amide bonds. The molecule has 1 fully saturated rings. The van der Waals surface area contributed by atoms with Crippen LogP contribution in [0, 0.1) is 0 Å². The third-order valence-electron chi connectivity index (χ3n) is 3.15. The topological polar surface area (TPSA) is 6.48 Å². The van der Waals surface area contributed by atoms with E-state index in [4.69, 9.17) is 0 Å². The van der Waals surface area contributed by atoms with Gasteiger partial charge in [-0.3, -0.25) is 9.80 Å². The zero-order chi connectivity index (χ0) is 9.84. The lowest BCUT2D eigenvalue weighted by molar-refractivity contribution is 0.176. The van der Waals surface area contributed by atoms with E-state index < -0.39 is 0 Å². The largest absolute Gasteiger partial charge is 0.300 e. The molecule has 2 nitrogen and oxygen atoms in total. The summed E-state index contributed by atoms with van der Waals surface area (Å²) in [4.78, 5) is 5.18. The fourth-order valence-electron chi connectivity index (χ4n) is 2.18. The second-order valence-corrected chi connectivity index (χ2v) is 4.42. The molecule has 1 atom stereocenters. The standard InChI is InChI=1S/C11H24N2/c1-5-12-7-6-8-13(10(2)3)9-11(12)4/h10-11H,5-9H2,1-4H3/t11-/m0/s1. The molecule has 0 aliphatic carbocycles. The van der Waals surface area contributed by atoms with Gasteiger partial charge in [-0.15, -0.1) is 0 Å². The smallest absolute Gasteiger partial charge is 0.0194 e. The van der Waals surface area contributed by atoms with E-state index in [0.29, 0.717) is 6.04 Å². The van der Waals surface area contributed by atoms with Crippen LogP contribution >= 0.6 is 0 Å². The van der Waals surface area contributed by atoms with Gasteiger partial charge in [0.1, 0.15) is 0 Å². The molecule has 1 aliphatic rings. The van der Waals surface area contributed by atoms with Gasteiger partial charge in [0.15, 0.2) is 0 Å². The summed E-state index contributed by atoms with van der Waals surface area (Å²) in [5.41, 5.74) is 0. The Balaban J connectivity index is 2.50. The Morgan fingerprint density at radius 1 is 1.31 bits per heavy atom.